The van der Waals surface area contributed by atoms with Crippen LogP contribution in [0.1, 0.15) is 16.1 Å². The van der Waals surface area contributed by atoms with Crippen molar-refractivity contribution in [2.45, 2.75) is 6.92 Å². The zero-order valence-corrected chi connectivity index (χ0v) is 11.4. The molecule has 1 amide bonds. The molecule has 0 atom stereocenters. The Balaban J connectivity index is 2.24. The third kappa shape index (κ3) is 2.68. The van der Waals surface area contributed by atoms with E-state index in [4.69, 9.17) is 5.73 Å². The Bertz CT molecular complexity index is 599. The highest BCUT2D eigenvalue weighted by Crippen LogP contribution is 2.23. The standard InChI is InChI=1S/C13H12BrN3O/c1-8-10(14)3-2-4-11(8)17-13(18)12-7-9(15)5-6-16-12/h2-7H,1H3,(H2,15,16)(H,17,18). The Kier molecular flexibility index (Phi) is 3.62. The second kappa shape index (κ2) is 5.18. The minimum atomic E-state index is -0.275. The van der Waals surface area contributed by atoms with Gasteiger partial charge >= 0.3 is 0 Å². The van der Waals surface area contributed by atoms with Crippen molar-refractivity contribution < 1.29 is 4.79 Å². The first-order chi connectivity index (χ1) is 8.58. The predicted octanol–water partition coefficient (Wildman–Crippen LogP) is 2.99. The summed E-state index contributed by atoms with van der Waals surface area (Å²) in [6, 6.07) is 8.80. The highest BCUT2D eigenvalue weighted by Gasteiger charge is 2.10. The minimum absolute atomic E-state index is 0.275. The fourth-order valence-electron chi connectivity index (χ4n) is 1.50. The van der Waals surface area contributed by atoms with E-state index >= 15 is 0 Å². The largest absolute Gasteiger partial charge is 0.399 e. The summed E-state index contributed by atoms with van der Waals surface area (Å²) in [7, 11) is 0. The molecule has 0 spiro atoms. The van der Waals surface area contributed by atoms with Crippen LogP contribution in [0.3, 0.4) is 0 Å². The Morgan fingerprint density at radius 3 is 2.89 bits per heavy atom. The van der Waals surface area contributed by atoms with Gasteiger partial charge < -0.3 is 11.1 Å². The van der Waals surface area contributed by atoms with Crippen LogP contribution in [0.15, 0.2) is 41.0 Å². The molecule has 0 aliphatic heterocycles. The number of anilines is 2. The van der Waals surface area contributed by atoms with Gasteiger partial charge in [-0.15, -0.1) is 0 Å². The number of amides is 1. The molecule has 0 aliphatic rings. The lowest BCUT2D eigenvalue weighted by atomic mass is 10.2. The molecule has 2 rings (SSSR count). The van der Waals surface area contributed by atoms with Crippen LogP contribution in [-0.4, -0.2) is 10.9 Å². The number of nitrogen functional groups attached to an aromatic ring is 1. The monoisotopic (exact) mass is 305 g/mol. The number of hydrogen-bond donors (Lipinski definition) is 2. The average molecular weight is 306 g/mol. The number of nitrogens with one attached hydrogen (secondary N) is 1. The van der Waals surface area contributed by atoms with Crippen LogP contribution in [0.5, 0.6) is 0 Å². The van der Waals surface area contributed by atoms with Crippen LogP contribution in [0.2, 0.25) is 0 Å². The van der Waals surface area contributed by atoms with Gasteiger partial charge in [0.2, 0.25) is 0 Å². The summed E-state index contributed by atoms with van der Waals surface area (Å²) >= 11 is 3.42. The number of nitrogens with two attached hydrogens (primary N) is 1. The summed E-state index contributed by atoms with van der Waals surface area (Å²) in [5.41, 5.74) is 8.15. The van der Waals surface area contributed by atoms with Gasteiger partial charge in [0.05, 0.1) is 0 Å². The number of pyridine rings is 1. The number of carbonyl (C=O) groups excluding carboxylic acids is 1. The number of halogens is 1. The zero-order valence-electron chi connectivity index (χ0n) is 9.77. The minimum Gasteiger partial charge on any atom is -0.399 e. The Hall–Kier alpha value is -1.88. The molecular formula is C13H12BrN3O. The molecule has 3 N–H and O–H groups in total. The summed E-state index contributed by atoms with van der Waals surface area (Å²) in [6.45, 7) is 1.92. The first-order valence-electron chi connectivity index (χ1n) is 5.36. The molecule has 1 heterocycles. The third-order valence-corrected chi connectivity index (χ3v) is 3.39. The van der Waals surface area contributed by atoms with Crippen molar-refractivity contribution in [3.63, 3.8) is 0 Å². The molecule has 0 bridgehead atoms. The molecule has 0 saturated carbocycles. The van der Waals surface area contributed by atoms with Crippen LogP contribution in [-0.2, 0) is 0 Å². The molecule has 5 heteroatoms. The van der Waals surface area contributed by atoms with E-state index in [1.165, 1.54) is 6.20 Å². The van der Waals surface area contributed by atoms with Crippen molar-refractivity contribution in [1.82, 2.24) is 4.98 Å². The van der Waals surface area contributed by atoms with Gasteiger partial charge in [0, 0.05) is 22.0 Å². The summed E-state index contributed by atoms with van der Waals surface area (Å²) in [5.74, 6) is -0.275. The summed E-state index contributed by atoms with van der Waals surface area (Å²) in [6.07, 6.45) is 1.51. The summed E-state index contributed by atoms with van der Waals surface area (Å²) in [5, 5.41) is 2.81. The van der Waals surface area contributed by atoms with Crippen molar-refractivity contribution in [3.8, 4) is 0 Å². The van der Waals surface area contributed by atoms with E-state index in [0.717, 1.165) is 15.7 Å². The third-order valence-electron chi connectivity index (χ3n) is 2.53. The van der Waals surface area contributed by atoms with E-state index < -0.39 is 0 Å². The van der Waals surface area contributed by atoms with E-state index in [0.29, 0.717) is 11.4 Å². The highest BCUT2D eigenvalue weighted by molar-refractivity contribution is 9.10. The molecule has 18 heavy (non-hydrogen) atoms. The lowest BCUT2D eigenvalue weighted by Gasteiger charge is -2.09. The fourth-order valence-corrected chi connectivity index (χ4v) is 1.87. The lowest BCUT2D eigenvalue weighted by Crippen LogP contribution is -2.14. The average Bonchev–Trinajstić information content (AvgIpc) is 2.35. The van der Waals surface area contributed by atoms with E-state index in [2.05, 4.69) is 26.2 Å². The van der Waals surface area contributed by atoms with Gasteiger partial charge in [-0.05, 0) is 36.8 Å². The maximum atomic E-state index is 12.0. The van der Waals surface area contributed by atoms with Gasteiger partial charge in [-0.1, -0.05) is 22.0 Å². The molecule has 2 aromatic rings. The zero-order chi connectivity index (χ0) is 13.1. The predicted molar refractivity (Wildman–Crippen MR) is 75.5 cm³/mol. The fraction of sp³-hybridized carbons (Fsp3) is 0.0769. The van der Waals surface area contributed by atoms with Gasteiger partial charge in [0.1, 0.15) is 5.69 Å². The van der Waals surface area contributed by atoms with Crippen molar-refractivity contribution in [3.05, 3.63) is 52.3 Å². The van der Waals surface area contributed by atoms with Crippen LogP contribution in [0, 0.1) is 6.92 Å². The molecule has 1 aromatic heterocycles. The van der Waals surface area contributed by atoms with Crippen LogP contribution in [0.25, 0.3) is 0 Å². The number of aromatic nitrogens is 1. The van der Waals surface area contributed by atoms with E-state index in [1.54, 1.807) is 12.1 Å². The van der Waals surface area contributed by atoms with Crippen molar-refractivity contribution in [2.24, 2.45) is 0 Å². The van der Waals surface area contributed by atoms with Crippen molar-refractivity contribution in [1.29, 1.82) is 0 Å². The van der Waals surface area contributed by atoms with Gasteiger partial charge in [-0.25, -0.2) is 0 Å². The SMILES string of the molecule is Cc1c(Br)cccc1NC(=O)c1cc(N)ccn1. The van der Waals surface area contributed by atoms with E-state index in [9.17, 15) is 4.79 Å². The summed E-state index contributed by atoms with van der Waals surface area (Å²) in [4.78, 5) is 16.0. The van der Waals surface area contributed by atoms with E-state index in [-0.39, 0.29) is 5.91 Å². The van der Waals surface area contributed by atoms with Crippen LogP contribution >= 0.6 is 15.9 Å². The second-order valence-corrected chi connectivity index (χ2v) is 4.70. The Morgan fingerprint density at radius 2 is 2.17 bits per heavy atom. The number of hydrogen-bond acceptors (Lipinski definition) is 3. The van der Waals surface area contributed by atoms with Crippen molar-refractivity contribution in [2.75, 3.05) is 11.1 Å². The molecule has 4 nitrogen and oxygen atoms in total. The molecule has 0 radical (unpaired) electrons. The lowest BCUT2D eigenvalue weighted by molar-refractivity contribution is 0.102. The number of nitrogens with zero attached hydrogens (tertiary/aromatic N) is 1. The quantitative estimate of drug-likeness (QED) is 0.896. The number of rotatable bonds is 2. The van der Waals surface area contributed by atoms with Crippen LogP contribution < -0.4 is 11.1 Å². The van der Waals surface area contributed by atoms with Gasteiger partial charge in [-0.3, -0.25) is 9.78 Å². The van der Waals surface area contributed by atoms with E-state index in [1.807, 2.05) is 25.1 Å². The number of benzene rings is 1. The normalized spacial score (nSPS) is 10.1. The molecule has 1 aromatic carbocycles. The van der Waals surface area contributed by atoms with Gasteiger partial charge in [-0.2, -0.15) is 0 Å². The molecule has 0 aliphatic carbocycles. The maximum Gasteiger partial charge on any atom is 0.274 e. The molecule has 92 valence electrons. The van der Waals surface area contributed by atoms with Crippen LogP contribution in [0.4, 0.5) is 11.4 Å². The summed E-state index contributed by atoms with van der Waals surface area (Å²) < 4.78 is 0.945. The molecule has 0 fully saturated rings. The first-order valence-corrected chi connectivity index (χ1v) is 6.15. The highest BCUT2D eigenvalue weighted by atomic mass is 79.9. The topological polar surface area (TPSA) is 68.0 Å². The van der Waals surface area contributed by atoms with Gasteiger partial charge in [0.15, 0.2) is 0 Å². The smallest absolute Gasteiger partial charge is 0.274 e. The molecular weight excluding hydrogens is 294 g/mol. The molecule has 0 saturated heterocycles. The second-order valence-electron chi connectivity index (χ2n) is 3.84. The Morgan fingerprint density at radius 1 is 1.39 bits per heavy atom. The Labute approximate surface area is 113 Å². The van der Waals surface area contributed by atoms with Crippen molar-refractivity contribution >= 4 is 33.2 Å². The molecule has 0 unspecified atom stereocenters. The number of carbonyl (C=O) groups is 1. The maximum absolute atomic E-state index is 12.0. The van der Waals surface area contributed by atoms with Gasteiger partial charge in [0.25, 0.3) is 5.91 Å². The first kappa shape index (κ1) is 12.6.